The van der Waals surface area contributed by atoms with Crippen LogP contribution in [0.4, 0.5) is 9.59 Å². The number of carbonyl (C=O) groups excluding carboxylic acids is 3. The Labute approximate surface area is 194 Å². The number of carbonyl (C=O) groups is 3. The van der Waals surface area contributed by atoms with Crippen molar-refractivity contribution in [2.75, 3.05) is 19.7 Å². The van der Waals surface area contributed by atoms with E-state index in [9.17, 15) is 14.4 Å². The average molecular weight is 454 g/mol. The van der Waals surface area contributed by atoms with Gasteiger partial charge in [-0.05, 0) is 30.9 Å². The third kappa shape index (κ3) is 7.82. The van der Waals surface area contributed by atoms with Crippen molar-refractivity contribution >= 4 is 18.1 Å². The fourth-order valence-corrected chi connectivity index (χ4v) is 3.69. The van der Waals surface area contributed by atoms with Crippen molar-refractivity contribution in [2.24, 2.45) is 0 Å². The highest BCUT2D eigenvalue weighted by Gasteiger charge is 2.28. The van der Waals surface area contributed by atoms with Crippen LogP contribution in [0, 0.1) is 0 Å². The van der Waals surface area contributed by atoms with Crippen molar-refractivity contribution in [3.8, 4) is 0 Å². The smallest absolute Gasteiger partial charge is 0.409 e. The first-order chi connectivity index (χ1) is 16.0. The standard InChI is InChI=1S/C25H31N3O5/c1-2-32-25(31)28-15-13-21(14-16-28)26-23(29)22(17-19-9-5-3-6-10-19)27-24(30)33-18-20-11-7-4-8-12-20/h3-12,21-22H,2,13-18H2,1H3,(H,26,29)(H,27,30). The summed E-state index contributed by atoms with van der Waals surface area (Å²) in [5, 5.41) is 5.73. The van der Waals surface area contributed by atoms with Crippen molar-refractivity contribution in [1.29, 1.82) is 0 Å². The summed E-state index contributed by atoms with van der Waals surface area (Å²) < 4.78 is 10.4. The van der Waals surface area contributed by atoms with E-state index in [1.165, 1.54) is 0 Å². The van der Waals surface area contributed by atoms with Gasteiger partial charge in [-0.25, -0.2) is 9.59 Å². The molecule has 0 aliphatic carbocycles. The predicted molar refractivity (Wildman–Crippen MR) is 123 cm³/mol. The van der Waals surface area contributed by atoms with Gasteiger partial charge in [-0.3, -0.25) is 4.79 Å². The van der Waals surface area contributed by atoms with Gasteiger partial charge in [0.2, 0.25) is 5.91 Å². The van der Waals surface area contributed by atoms with E-state index in [0.717, 1.165) is 11.1 Å². The Hall–Kier alpha value is -3.55. The molecular weight excluding hydrogens is 422 g/mol. The van der Waals surface area contributed by atoms with Crippen LogP contribution in [0.2, 0.25) is 0 Å². The van der Waals surface area contributed by atoms with Crippen LogP contribution in [-0.4, -0.2) is 54.8 Å². The van der Waals surface area contributed by atoms with Gasteiger partial charge in [0.1, 0.15) is 12.6 Å². The molecular formula is C25H31N3O5. The number of rotatable bonds is 8. The molecule has 1 aliphatic heterocycles. The van der Waals surface area contributed by atoms with Gasteiger partial charge in [0, 0.05) is 25.6 Å². The maximum Gasteiger partial charge on any atom is 0.409 e. The molecule has 8 nitrogen and oxygen atoms in total. The lowest BCUT2D eigenvalue weighted by Crippen LogP contribution is -2.53. The molecule has 33 heavy (non-hydrogen) atoms. The van der Waals surface area contributed by atoms with Crippen molar-refractivity contribution in [3.05, 3.63) is 71.8 Å². The number of piperidine rings is 1. The zero-order valence-corrected chi connectivity index (χ0v) is 18.9. The first-order valence-corrected chi connectivity index (χ1v) is 11.3. The third-order valence-corrected chi connectivity index (χ3v) is 5.47. The average Bonchev–Trinajstić information content (AvgIpc) is 2.84. The number of alkyl carbamates (subject to hydrolysis) is 1. The second kappa shape index (κ2) is 12.5. The second-order valence-corrected chi connectivity index (χ2v) is 7.92. The van der Waals surface area contributed by atoms with Crippen LogP contribution in [0.25, 0.3) is 0 Å². The summed E-state index contributed by atoms with van der Waals surface area (Å²) >= 11 is 0. The lowest BCUT2D eigenvalue weighted by atomic mass is 10.0. The molecule has 1 fully saturated rings. The van der Waals surface area contributed by atoms with Crippen molar-refractivity contribution in [1.82, 2.24) is 15.5 Å². The molecule has 1 saturated heterocycles. The Morgan fingerprint density at radius 1 is 0.939 bits per heavy atom. The van der Waals surface area contributed by atoms with Crippen molar-refractivity contribution < 1.29 is 23.9 Å². The molecule has 1 unspecified atom stereocenters. The monoisotopic (exact) mass is 453 g/mol. The quantitative estimate of drug-likeness (QED) is 0.640. The summed E-state index contributed by atoms with van der Waals surface area (Å²) in [7, 11) is 0. The first-order valence-electron chi connectivity index (χ1n) is 11.3. The number of hydrogen-bond donors (Lipinski definition) is 2. The fourth-order valence-electron chi connectivity index (χ4n) is 3.69. The topological polar surface area (TPSA) is 97.0 Å². The number of amides is 3. The SMILES string of the molecule is CCOC(=O)N1CCC(NC(=O)C(Cc2ccccc2)NC(=O)OCc2ccccc2)CC1. The number of benzene rings is 2. The molecule has 8 heteroatoms. The molecule has 1 aliphatic rings. The molecule has 1 atom stereocenters. The molecule has 2 aromatic carbocycles. The van der Waals surface area contributed by atoms with Gasteiger partial charge in [-0.2, -0.15) is 0 Å². The Morgan fingerprint density at radius 3 is 2.15 bits per heavy atom. The van der Waals surface area contributed by atoms with E-state index in [1.807, 2.05) is 60.7 Å². The molecule has 3 amide bonds. The number of hydrogen-bond acceptors (Lipinski definition) is 5. The molecule has 0 spiro atoms. The molecule has 3 rings (SSSR count). The number of ether oxygens (including phenoxy) is 2. The van der Waals surface area contributed by atoms with E-state index in [4.69, 9.17) is 9.47 Å². The van der Waals surface area contributed by atoms with Gasteiger partial charge in [0.25, 0.3) is 0 Å². The fraction of sp³-hybridized carbons (Fsp3) is 0.400. The Bertz CT molecular complexity index is 899. The van der Waals surface area contributed by atoms with E-state index < -0.39 is 12.1 Å². The zero-order valence-electron chi connectivity index (χ0n) is 18.9. The van der Waals surface area contributed by atoms with E-state index in [-0.39, 0.29) is 24.6 Å². The van der Waals surface area contributed by atoms with Crippen LogP contribution >= 0.6 is 0 Å². The van der Waals surface area contributed by atoms with Gasteiger partial charge in [-0.15, -0.1) is 0 Å². The molecule has 1 heterocycles. The van der Waals surface area contributed by atoms with Crippen LogP contribution in [0.1, 0.15) is 30.9 Å². The van der Waals surface area contributed by atoms with Crippen LogP contribution in [0.3, 0.4) is 0 Å². The van der Waals surface area contributed by atoms with Crippen LogP contribution in [0.15, 0.2) is 60.7 Å². The lowest BCUT2D eigenvalue weighted by molar-refractivity contribution is -0.124. The van der Waals surface area contributed by atoms with Gasteiger partial charge >= 0.3 is 12.2 Å². The molecule has 2 N–H and O–H groups in total. The highest BCUT2D eigenvalue weighted by molar-refractivity contribution is 5.86. The van der Waals surface area contributed by atoms with Gasteiger partial charge < -0.3 is 25.0 Å². The number of likely N-dealkylation sites (tertiary alicyclic amines) is 1. The minimum absolute atomic E-state index is 0.0800. The largest absolute Gasteiger partial charge is 0.450 e. The lowest BCUT2D eigenvalue weighted by Gasteiger charge is -2.32. The zero-order chi connectivity index (χ0) is 23.5. The highest BCUT2D eigenvalue weighted by atomic mass is 16.6. The molecule has 0 radical (unpaired) electrons. The summed E-state index contributed by atoms with van der Waals surface area (Å²) in [6.07, 6.45) is 0.621. The van der Waals surface area contributed by atoms with E-state index in [0.29, 0.717) is 39.0 Å². The van der Waals surface area contributed by atoms with E-state index >= 15 is 0 Å². The maximum absolute atomic E-state index is 13.1. The van der Waals surface area contributed by atoms with Crippen LogP contribution < -0.4 is 10.6 Å². The molecule has 176 valence electrons. The van der Waals surface area contributed by atoms with Crippen LogP contribution in [0.5, 0.6) is 0 Å². The van der Waals surface area contributed by atoms with Gasteiger partial charge in [0.15, 0.2) is 0 Å². The summed E-state index contributed by atoms with van der Waals surface area (Å²) in [6.45, 7) is 3.26. The summed E-state index contributed by atoms with van der Waals surface area (Å²) in [6, 6.07) is 18.0. The number of nitrogens with one attached hydrogen (secondary N) is 2. The van der Waals surface area contributed by atoms with Crippen LogP contribution in [-0.2, 0) is 27.3 Å². The Morgan fingerprint density at radius 2 is 1.55 bits per heavy atom. The summed E-state index contributed by atoms with van der Waals surface area (Å²) in [5.74, 6) is -0.273. The second-order valence-electron chi connectivity index (χ2n) is 7.92. The van der Waals surface area contributed by atoms with Crippen molar-refractivity contribution in [3.63, 3.8) is 0 Å². The van der Waals surface area contributed by atoms with Gasteiger partial charge in [0.05, 0.1) is 6.61 Å². The molecule has 2 aromatic rings. The van der Waals surface area contributed by atoms with Gasteiger partial charge in [-0.1, -0.05) is 60.7 Å². The number of nitrogens with zero attached hydrogens (tertiary/aromatic N) is 1. The van der Waals surface area contributed by atoms with E-state index in [2.05, 4.69) is 10.6 Å². The first kappa shape index (κ1) is 24.1. The summed E-state index contributed by atoms with van der Waals surface area (Å²) in [5.41, 5.74) is 1.79. The Kier molecular flexibility index (Phi) is 9.11. The minimum atomic E-state index is -0.779. The predicted octanol–water partition coefficient (Wildman–Crippen LogP) is 3.26. The maximum atomic E-state index is 13.1. The summed E-state index contributed by atoms with van der Waals surface area (Å²) in [4.78, 5) is 39.0. The third-order valence-electron chi connectivity index (χ3n) is 5.47. The van der Waals surface area contributed by atoms with Crippen molar-refractivity contribution in [2.45, 2.75) is 44.9 Å². The van der Waals surface area contributed by atoms with E-state index in [1.54, 1.807) is 11.8 Å². The Balaban J connectivity index is 1.56. The molecule has 0 aromatic heterocycles. The minimum Gasteiger partial charge on any atom is -0.450 e. The molecule has 0 bridgehead atoms. The normalized spacial score (nSPS) is 14.8. The molecule has 0 saturated carbocycles. The highest BCUT2D eigenvalue weighted by Crippen LogP contribution is 2.13.